The van der Waals surface area contributed by atoms with E-state index < -0.39 is 126 Å². The predicted molar refractivity (Wildman–Crippen MR) is 355 cm³/mol. The number of carbonyl (C=O) groups excluding carboxylic acids is 11. The van der Waals surface area contributed by atoms with Crippen LogP contribution in [-0.2, 0) is 72.0 Å². The molecule has 10 atom stereocenters. The molecule has 1 aromatic carbocycles. The summed E-state index contributed by atoms with van der Waals surface area (Å²) in [6.07, 6.45) is 10.9. The van der Waals surface area contributed by atoms with E-state index in [1.165, 1.54) is 61.0 Å². The molecule has 3 aromatic rings. The average Bonchev–Trinajstić information content (AvgIpc) is 1.75. The Balaban J connectivity index is 1.42. The van der Waals surface area contributed by atoms with E-state index in [0.717, 1.165) is 12.8 Å². The number of aliphatic imine (C=N–C) groups is 1. The molecule has 0 saturated carbocycles. The van der Waals surface area contributed by atoms with Crippen LogP contribution in [-0.4, -0.2) is 200 Å². The van der Waals surface area contributed by atoms with Crippen LogP contribution in [0.5, 0.6) is 5.75 Å². The number of pyridine rings is 1. The highest BCUT2D eigenvalue weighted by Gasteiger charge is 2.40. The Hall–Kier alpha value is -9.77. The Bertz CT molecular complexity index is 3170. The second kappa shape index (κ2) is 40.6. The molecule has 0 aliphatic carbocycles. The maximum absolute atomic E-state index is 14.9. The van der Waals surface area contributed by atoms with E-state index in [2.05, 4.69) is 83.7 Å². The van der Waals surface area contributed by atoms with Crippen LogP contribution in [0, 0.1) is 17.4 Å². The van der Waals surface area contributed by atoms with Crippen molar-refractivity contribution in [1.82, 2.24) is 83.7 Å². The molecule has 32 heteroatoms. The number of hydrogen-bond donors (Lipinski definition) is 16. The number of amides is 11. The highest BCUT2D eigenvalue weighted by molar-refractivity contribution is 5.99. The number of carbonyl (C=O) groups is 11. The number of hydrogen-bond acceptors (Lipinski definition) is 18. The first kappa shape index (κ1) is 77.9. The first-order valence-corrected chi connectivity index (χ1v) is 33.1. The zero-order valence-corrected chi connectivity index (χ0v) is 56.0. The first-order chi connectivity index (χ1) is 46.4. The number of aromatic hydroxyl groups is 1. The third kappa shape index (κ3) is 26.7. The van der Waals surface area contributed by atoms with Crippen LogP contribution >= 0.6 is 0 Å². The van der Waals surface area contributed by atoms with E-state index in [-0.39, 0.29) is 100 Å². The summed E-state index contributed by atoms with van der Waals surface area (Å²) in [7, 11) is 0. The van der Waals surface area contributed by atoms with Gasteiger partial charge in [-0.05, 0) is 113 Å². The number of nitriles is 1. The number of aliphatic hydroxyl groups excluding tert-OH is 1. The number of aromatic amines is 1. The van der Waals surface area contributed by atoms with Crippen molar-refractivity contribution in [2.45, 2.75) is 204 Å². The zero-order chi connectivity index (χ0) is 71.0. The molecule has 11 amide bonds. The molecule has 2 saturated heterocycles. The summed E-state index contributed by atoms with van der Waals surface area (Å²) >= 11 is 0. The van der Waals surface area contributed by atoms with E-state index in [1.54, 1.807) is 12.1 Å². The molecule has 0 radical (unpaired) electrons. The summed E-state index contributed by atoms with van der Waals surface area (Å²) in [6.45, 7) is 11.3. The van der Waals surface area contributed by atoms with Gasteiger partial charge in [-0.3, -0.25) is 68.0 Å². The fourth-order valence-electron chi connectivity index (χ4n) is 10.8. The van der Waals surface area contributed by atoms with Gasteiger partial charge >= 0.3 is 0 Å². The van der Waals surface area contributed by atoms with E-state index in [0.29, 0.717) is 55.6 Å². The molecule has 2 fully saturated rings. The molecule has 2 aliphatic heterocycles. The molecule has 17 N–H and O–H groups in total. The second-order valence-electron chi connectivity index (χ2n) is 24.9. The van der Waals surface area contributed by atoms with Crippen molar-refractivity contribution < 1.29 is 63.0 Å². The lowest BCUT2D eigenvalue weighted by Crippen LogP contribution is -2.61. The second-order valence-corrected chi connectivity index (χ2v) is 24.9. The average molecular weight is 1350 g/mol. The summed E-state index contributed by atoms with van der Waals surface area (Å²) in [5, 5.41) is 63.2. The number of phenolic OH excluding ortho intramolecular Hbond substituents is 1. The number of aliphatic hydroxyl groups is 1. The van der Waals surface area contributed by atoms with Crippen molar-refractivity contribution in [3.8, 4) is 11.9 Å². The number of primary amides is 1. The maximum Gasteiger partial charge on any atom is 0.245 e. The summed E-state index contributed by atoms with van der Waals surface area (Å²) in [5.74, 6) is -8.53. The smallest absolute Gasteiger partial charge is 0.245 e. The van der Waals surface area contributed by atoms with Crippen molar-refractivity contribution in [1.29, 1.82) is 5.26 Å². The third-order valence-electron chi connectivity index (χ3n) is 16.1. The van der Waals surface area contributed by atoms with Gasteiger partial charge in [0.15, 0.2) is 6.19 Å². The van der Waals surface area contributed by atoms with Gasteiger partial charge in [0, 0.05) is 75.6 Å². The summed E-state index contributed by atoms with van der Waals surface area (Å²) < 4.78 is 0. The van der Waals surface area contributed by atoms with Gasteiger partial charge in [0.2, 0.25) is 70.9 Å². The number of nitrogens with zero attached hydrogens (tertiary/aromatic N) is 5. The van der Waals surface area contributed by atoms with Gasteiger partial charge in [0.25, 0.3) is 0 Å². The molecule has 2 aromatic heterocycles. The molecule has 97 heavy (non-hydrogen) atoms. The molecule has 0 unspecified atom stereocenters. The van der Waals surface area contributed by atoms with Gasteiger partial charge in [-0.1, -0.05) is 59.2 Å². The van der Waals surface area contributed by atoms with E-state index >= 15 is 0 Å². The molecular formula is C65H97N19O13. The van der Waals surface area contributed by atoms with Crippen LogP contribution in [0.4, 0.5) is 0 Å². The molecule has 530 valence electrons. The van der Waals surface area contributed by atoms with Crippen molar-refractivity contribution >= 4 is 70.9 Å². The Morgan fingerprint density at radius 1 is 0.701 bits per heavy atom. The van der Waals surface area contributed by atoms with Gasteiger partial charge in [-0.2, -0.15) is 5.26 Å². The number of H-pyrrole nitrogens is 1. The van der Waals surface area contributed by atoms with E-state index in [4.69, 9.17) is 5.73 Å². The van der Waals surface area contributed by atoms with Gasteiger partial charge in [-0.25, -0.2) is 4.98 Å². The van der Waals surface area contributed by atoms with Gasteiger partial charge < -0.3 is 84.3 Å². The third-order valence-corrected chi connectivity index (χ3v) is 16.1. The molecule has 5 rings (SSSR count). The van der Waals surface area contributed by atoms with Crippen LogP contribution < -0.4 is 69.5 Å². The van der Waals surface area contributed by atoms with Gasteiger partial charge in [0.05, 0.1) is 12.9 Å². The quantitative estimate of drug-likeness (QED) is 0.00962. The number of likely N-dealkylation sites (tertiary alicyclic amines) is 1. The first-order valence-electron chi connectivity index (χ1n) is 33.1. The number of aromatic nitrogens is 3. The number of benzene rings is 1. The summed E-state index contributed by atoms with van der Waals surface area (Å²) in [5.41, 5.74) is 6.72. The van der Waals surface area contributed by atoms with E-state index in [1.807, 2.05) is 40.8 Å². The van der Waals surface area contributed by atoms with Crippen molar-refractivity contribution in [3.63, 3.8) is 0 Å². The highest BCUT2D eigenvalue weighted by Crippen LogP contribution is 2.22. The van der Waals surface area contributed by atoms with Crippen LogP contribution in [0.1, 0.15) is 135 Å². The lowest BCUT2D eigenvalue weighted by Gasteiger charge is -2.31. The number of guanidine groups is 1. The minimum atomic E-state index is -1.81. The highest BCUT2D eigenvalue weighted by atomic mass is 16.3. The topological polar surface area (TPSA) is 480 Å². The van der Waals surface area contributed by atoms with Crippen LogP contribution in [0.25, 0.3) is 0 Å². The SMILES string of the molecule is CCCCNC(=NCCC[C@@H](NC(=O)[C@H](Cc1cnc[nH]1)NC(=O)[C@@H]1CCC(=O)N1)C(=O)N[C@@H](CO)C(=O)N[C@@H](Cc1ccc(O)cc1)C(=O)N[C@H](Cc1cccnc1)C(=O)N[C@@H](CC(C)C)C(=O)N[C@@H](CCCCNC(C)C)C(=O)N1CCC[C@H]1C(=O)N[C@H](C)C(N)=O)NC#N. The Labute approximate surface area is 564 Å². The fourth-order valence-corrected chi connectivity index (χ4v) is 10.8. The zero-order valence-electron chi connectivity index (χ0n) is 56.0. The van der Waals surface area contributed by atoms with E-state index in [9.17, 15) is 68.2 Å². The summed E-state index contributed by atoms with van der Waals surface area (Å²) in [4.78, 5) is 170. The minimum Gasteiger partial charge on any atom is -0.508 e. The number of unbranched alkanes of at least 4 members (excludes halogenated alkanes) is 2. The largest absolute Gasteiger partial charge is 0.508 e. The molecule has 0 bridgehead atoms. The monoisotopic (exact) mass is 1350 g/mol. The number of phenols is 1. The molecule has 0 spiro atoms. The maximum atomic E-state index is 14.9. The van der Waals surface area contributed by atoms with Crippen molar-refractivity contribution in [3.05, 3.63) is 78.1 Å². The van der Waals surface area contributed by atoms with Crippen LogP contribution in [0.2, 0.25) is 0 Å². The minimum absolute atomic E-state index is 0.0179. The molecular weight excluding hydrogens is 1250 g/mol. The van der Waals surface area contributed by atoms with Crippen molar-refractivity contribution in [2.24, 2.45) is 16.6 Å². The molecule has 32 nitrogen and oxygen atoms in total. The number of imidazole rings is 1. The van der Waals surface area contributed by atoms with Crippen LogP contribution in [0.3, 0.4) is 0 Å². The predicted octanol–water partition coefficient (Wildman–Crippen LogP) is -2.01. The Morgan fingerprint density at radius 2 is 1.32 bits per heavy atom. The van der Waals surface area contributed by atoms with Crippen LogP contribution in [0.15, 0.2) is 66.3 Å². The number of rotatable bonds is 40. The normalized spacial score (nSPS) is 16.9. The molecule has 4 heterocycles. The fraction of sp³-hybridized carbons (Fsp3) is 0.585. The standard InChI is InChI=1S/C65H97N19O13/c1-7-8-25-71-65(73-36-66)72-27-12-16-45(77-61(94)51(32-43-34-69-37-74-43)82-57(90)46-22-23-54(87)76-46)56(89)83-52(35-85)62(95)81-49(30-41-18-20-44(86)21-19-41)59(92)80-50(31-42-14-11-24-68-33-42)60(93)79-48(29-38(2)3)58(91)78-47(15-9-10-26-70-39(4)5)64(97)84-28-13-17-53(84)63(96)75-40(6)55(67)88/h11,14,18-21,24,33-34,37-40,45-53,70,85-86H,7-10,12-13,15-17,22-23,25-32,35H2,1-6H3,(H2,67,88)(H,69,74)(H,75,96)(H,76,87)(H,77,94)(H,78,91)(H,79,93)(H,80,92)(H,81,95)(H,82,90)(H,83,89)(H2,71,72,73)/t40-,45-,46+,47+,48+,49+,50-,51+,52+,53+/m1/s1. The van der Waals surface area contributed by atoms with Crippen molar-refractivity contribution in [2.75, 3.05) is 32.8 Å². The molecule has 2 aliphatic rings. The lowest BCUT2D eigenvalue weighted by molar-refractivity contribution is -0.142. The van der Waals surface area contributed by atoms with Gasteiger partial charge in [0.1, 0.15) is 66.2 Å². The summed E-state index contributed by atoms with van der Waals surface area (Å²) in [6, 6.07) is -3.97. The van der Waals surface area contributed by atoms with Gasteiger partial charge in [-0.15, -0.1) is 0 Å². The number of nitrogens with two attached hydrogens (primary N) is 1. The Kier molecular flexibility index (Phi) is 32.6. The number of nitrogens with one attached hydrogen (secondary N) is 13. The lowest BCUT2D eigenvalue weighted by atomic mass is 9.99. The Morgan fingerprint density at radius 3 is 1.92 bits per heavy atom.